The highest BCUT2D eigenvalue weighted by atomic mass is 79.9. The lowest BCUT2D eigenvalue weighted by atomic mass is 10.1. The third-order valence-electron chi connectivity index (χ3n) is 3.48. The van der Waals surface area contributed by atoms with Gasteiger partial charge in [0.05, 0.1) is 23.0 Å². The number of rotatable bonds is 3. The van der Waals surface area contributed by atoms with Gasteiger partial charge in [0.2, 0.25) is 0 Å². The van der Waals surface area contributed by atoms with E-state index in [1.807, 2.05) is 24.3 Å². The van der Waals surface area contributed by atoms with Gasteiger partial charge in [-0.3, -0.25) is 9.36 Å². The van der Waals surface area contributed by atoms with Gasteiger partial charge in [0, 0.05) is 4.47 Å². The van der Waals surface area contributed by atoms with Crippen LogP contribution in [0.1, 0.15) is 15.9 Å². The Morgan fingerprint density at radius 2 is 1.91 bits per heavy atom. The SMILES string of the molecule is O=C(O)c1ccc2c(=O)n(Cc3ccc(Br)cc3)c(=S)[nH]c2c1. The van der Waals surface area contributed by atoms with Crippen molar-refractivity contribution in [2.75, 3.05) is 0 Å². The first-order valence-corrected chi connectivity index (χ1v) is 7.90. The van der Waals surface area contributed by atoms with Crippen molar-refractivity contribution in [3.05, 3.63) is 73.2 Å². The summed E-state index contributed by atoms with van der Waals surface area (Å²) in [5, 5.41) is 9.43. The highest BCUT2D eigenvalue weighted by Crippen LogP contribution is 2.13. The van der Waals surface area contributed by atoms with E-state index in [0.717, 1.165) is 10.0 Å². The molecule has 0 fully saturated rings. The Balaban J connectivity index is 2.13. The van der Waals surface area contributed by atoms with Crippen LogP contribution in [0.3, 0.4) is 0 Å². The monoisotopic (exact) mass is 390 g/mol. The average Bonchev–Trinajstić information content (AvgIpc) is 2.52. The molecule has 0 aliphatic heterocycles. The average molecular weight is 391 g/mol. The van der Waals surface area contributed by atoms with Crippen LogP contribution in [0.2, 0.25) is 0 Å². The first kappa shape index (κ1) is 15.6. The number of carbonyl (C=O) groups is 1. The van der Waals surface area contributed by atoms with Gasteiger partial charge in [-0.1, -0.05) is 28.1 Å². The van der Waals surface area contributed by atoms with Gasteiger partial charge >= 0.3 is 5.97 Å². The fourth-order valence-corrected chi connectivity index (χ4v) is 2.83. The maximum Gasteiger partial charge on any atom is 0.335 e. The van der Waals surface area contributed by atoms with Crippen molar-refractivity contribution in [3.63, 3.8) is 0 Å². The number of fused-ring (bicyclic) bond motifs is 1. The third-order valence-corrected chi connectivity index (χ3v) is 4.33. The first-order valence-electron chi connectivity index (χ1n) is 6.70. The van der Waals surface area contributed by atoms with E-state index >= 15 is 0 Å². The Kier molecular flexibility index (Phi) is 4.14. The molecule has 5 nitrogen and oxygen atoms in total. The second-order valence-electron chi connectivity index (χ2n) is 5.01. The Morgan fingerprint density at radius 1 is 1.22 bits per heavy atom. The first-order chi connectivity index (χ1) is 11.0. The van der Waals surface area contributed by atoms with Crippen molar-refractivity contribution >= 4 is 45.0 Å². The standard InChI is InChI=1S/C16H11BrN2O3S/c17-11-4-1-9(2-5-11)8-19-14(20)12-6-3-10(15(21)22)7-13(12)18-16(19)23/h1-7H,8H2,(H,18,23)(H,21,22). The summed E-state index contributed by atoms with van der Waals surface area (Å²) in [4.78, 5) is 26.6. The van der Waals surface area contributed by atoms with E-state index in [2.05, 4.69) is 20.9 Å². The van der Waals surface area contributed by atoms with E-state index in [0.29, 0.717) is 17.4 Å². The van der Waals surface area contributed by atoms with Crippen molar-refractivity contribution in [2.24, 2.45) is 0 Å². The summed E-state index contributed by atoms with van der Waals surface area (Å²) in [6.45, 7) is 0.345. The largest absolute Gasteiger partial charge is 0.478 e. The van der Waals surface area contributed by atoms with Crippen molar-refractivity contribution in [2.45, 2.75) is 6.54 Å². The zero-order chi connectivity index (χ0) is 16.6. The lowest BCUT2D eigenvalue weighted by Crippen LogP contribution is -2.23. The van der Waals surface area contributed by atoms with Crippen LogP contribution >= 0.6 is 28.1 Å². The quantitative estimate of drug-likeness (QED) is 0.670. The predicted molar refractivity (Wildman–Crippen MR) is 93.6 cm³/mol. The minimum Gasteiger partial charge on any atom is -0.478 e. The molecular weight excluding hydrogens is 380 g/mol. The van der Waals surface area contributed by atoms with Crippen LogP contribution in [0.25, 0.3) is 10.9 Å². The van der Waals surface area contributed by atoms with Gasteiger partial charge in [-0.25, -0.2) is 4.79 Å². The molecule has 0 atom stereocenters. The maximum absolute atomic E-state index is 12.6. The Morgan fingerprint density at radius 3 is 2.57 bits per heavy atom. The van der Waals surface area contributed by atoms with Gasteiger partial charge in [0.25, 0.3) is 5.56 Å². The molecule has 116 valence electrons. The fraction of sp³-hybridized carbons (Fsp3) is 0.0625. The number of halogens is 1. The molecule has 3 aromatic rings. The molecule has 0 radical (unpaired) electrons. The van der Waals surface area contributed by atoms with Crippen molar-refractivity contribution < 1.29 is 9.90 Å². The van der Waals surface area contributed by atoms with E-state index in [4.69, 9.17) is 17.3 Å². The van der Waals surface area contributed by atoms with Gasteiger partial charge in [-0.2, -0.15) is 0 Å². The molecule has 23 heavy (non-hydrogen) atoms. The highest BCUT2D eigenvalue weighted by molar-refractivity contribution is 9.10. The topological polar surface area (TPSA) is 75.1 Å². The van der Waals surface area contributed by atoms with Gasteiger partial charge in [0.1, 0.15) is 0 Å². The molecule has 0 aliphatic rings. The maximum atomic E-state index is 12.6. The second kappa shape index (κ2) is 6.10. The number of aromatic carboxylic acids is 1. The molecule has 0 unspecified atom stereocenters. The van der Waals surface area contributed by atoms with E-state index in [9.17, 15) is 9.59 Å². The minimum atomic E-state index is -1.05. The number of aromatic nitrogens is 2. The number of nitrogens with one attached hydrogen (secondary N) is 1. The molecule has 0 saturated carbocycles. The molecule has 1 heterocycles. The summed E-state index contributed by atoms with van der Waals surface area (Å²) < 4.78 is 2.67. The molecule has 2 aromatic carbocycles. The number of carboxylic acid groups (broad SMARTS) is 1. The lowest BCUT2D eigenvalue weighted by Gasteiger charge is -2.09. The number of H-pyrrole nitrogens is 1. The number of carboxylic acids is 1. The van der Waals surface area contributed by atoms with Gasteiger partial charge in [0.15, 0.2) is 4.77 Å². The Labute approximate surface area is 144 Å². The summed E-state index contributed by atoms with van der Waals surface area (Å²) in [6, 6.07) is 11.9. The molecule has 0 aliphatic carbocycles. The molecule has 2 N–H and O–H groups in total. The minimum absolute atomic E-state index is 0.105. The predicted octanol–water partition coefficient (Wildman–Crippen LogP) is 3.57. The number of hydrogen-bond donors (Lipinski definition) is 2. The van der Waals surface area contributed by atoms with Crippen molar-refractivity contribution in [1.82, 2.24) is 9.55 Å². The van der Waals surface area contributed by atoms with Crippen LogP contribution in [-0.4, -0.2) is 20.6 Å². The van der Waals surface area contributed by atoms with Crippen molar-refractivity contribution in [1.29, 1.82) is 0 Å². The molecule has 1 aromatic heterocycles. The molecule has 0 spiro atoms. The van der Waals surface area contributed by atoms with Gasteiger partial charge < -0.3 is 10.1 Å². The van der Waals surface area contributed by atoms with Crippen LogP contribution in [0, 0.1) is 4.77 Å². The number of nitrogens with zero attached hydrogens (tertiary/aromatic N) is 1. The fourth-order valence-electron chi connectivity index (χ4n) is 2.30. The molecule has 3 rings (SSSR count). The normalized spacial score (nSPS) is 10.8. The Hall–Kier alpha value is -2.25. The van der Waals surface area contributed by atoms with Crippen LogP contribution < -0.4 is 5.56 Å². The van der Waals surface area contributed by atoms with Crippen LogP contribution in [-0.2, 0) is 6.54 Å². The van der Waals surface area contributed by atoms with E-state index in [-0.39, 0.29) is 15.9 Å². The smallest absolute Gasteiger partial charge is 0.335 e. The zero-order valence-corrected chi connectivity index (χ0v) is 14.1. The number of benzene rings is 2. The molecule has 0 saturated heterocycles. The van der Waals surface area contributed by atoms with Crippen LogP contribution in [0.4, 0.5) is 0 Å². The van der Waals surface area contributed by atoms with Crippen molar-refractivity contribution in [3.8, 4) is 0 Å². The summed E-state index contributed by atoms with van der Waals surface area (Å²) in [5.41, 5.74) is 1.22. The van der Waals surface area contributed by atoms with E-state index in [1.54, 1.807) is 0 Å². The van der Waals surface area contributed by atoms with E-state index < -0.39 is 5.97 Å². The summed E-state index contributed by atoms with van der Waals surface area (Å²) in [7, 11) is 0. The zero-order valence-electron chi connectivity index (χ0n) is 11.7. The molecule has 0 bridgehead atoms. The van der Waals surface area contributed by atoms with Crippen LogP contribution in [0.15, 0.2) is 51.7 Å². The highest BCUT2D eigenvalue weighted by Gasteiger charge is 2.09. The van der Waals surface area contributed by atoms with E-state index in [1.165, 1.54) is 22.8 Å². The number of hydrogen-bond acceptors (Lipinski definition) is 3. The number of aromatic amines is 1. The third kappa shape index (κ3) is 3.11. The Bertz CT molecular complexity index is 1020. The molecule has 0 amide bonds. The molecule has 7 heteroatoms. The van der Waals surface area contributed by atoms with Gasteiger partial charge in [-0.05, 0) is 48.1 Å². The summed E-state index contributed by atoms with van der Waals surface area (Å²) in [5.74, 6) is -1.05. The van der Waals surface area contributed by atoms with Crippen LogP contribution in [0.5, 0.6) is 0 Å². The lowest BCUT2D eigenvalue weighted by molar-refractivity contribution is 0.0697. The van der Waals surface area contributed by atoms with Gasteiger partial charge in [-0.15, -0.1) is 0 Å². The summed E-state index contributed by atoms with van der Waals surface area (Å²) >= 11 is 8.62. The molecular formula is C16H11BrN2O3S. The summed E-state index contributed by atoms with van der Waals surface area (Å²) in [6.07, 6.45) is 0. The second-order valence-corrected chi connectivity index (χ2v) is 6.32.